The molecule has 1 amide bonds. The van der Waals surface area contributed by atoms with Crippen molar-refractivity contribution in [3.63, 3.8) is 0 Å². The minimum absolute atomic E-state index is 0.322. The molecule has 0 saturated carbocycles. The molecule has 1 aromatic heterocycles. The van der Waals surface area contributed by atoms with Gasteiger partial charge in [-0.05, 0) is 34.5 Å². The molecule has 110 valence electrons. The van der Waals surface area contributed by atoms with Crippen LogP contribution in [0.5, 0.6) is 0 Å². The van der Waals surface area contributed by atoms with Gasteiger partial charge in [0.05, 0.1) is 8.66 Å². The summed E-state index contributed by atoms with van der Waals surface area (Å²) in [7, 11) is 0. The molecule has 1 heterocycles. The first-order chi connectivity index (χ1) is 9.15. The van der Waals surface area contributed by atoms with Crippen LogP contribution in [-0.4, -0.2) is 33.7 Å². The standard InChI is InChI=1S/C11H13BrN2O5S/c1-5-4-6(12)20-8(5)9(17)14-11(13,10(18)19)3-2-7(15)16/h4H,2-3,13H2,1H3,(H,14,17)(H,15,16)(H,18,19). The molecule has 1 rings (SSSR count). The van der Waals surface area contributed by atoms with Gasteiger partial charge in [-0.25, -0.2) is 4.79 Å². The van der Waals surface area contributed by atoms with Gasteiger partial charge in [0.1, 0.15) is 0 Å². The zero-order chi connectivity index (χ0) is 15.5. The van der Waals surface area contributed by atoms with Gasteiger partial charge in [-0.3, -0.25) is 15.3 Å². The first kappa shape index (κ1) is 16.6. The van der Waals surface area contributed by atoms with Crippen LogP contribution < -0.4 is 11.1 Å². The van der Waals surface area contributed by atoms with E-state index >= 15 is 0 Å². The predicted octanol–water partition coefficient (Wildman–Crippen LogP) is 1.15. The van der Waals surface area contributed by atoms with E-state index in [1.807, 2.05) is 0 Å². The molecule has 0 aromatic carbocycles. The molecule has 0 bridgehead atoms. The average Bonchev–Trinajstić information content (AvgIpc) is 2.65. The molecule has 0 aliphatic heterocycles. The van der Waals surface area contributed by atoms with E-state index < -0.39 is 36.4 Å². The van der Waals surface area contributed by atoms with Gasteiger partial charge in [0, 0.05) is 12.8 Å². The van der Waals surface area contributed by atoms with Gasteiger partial charge in [0.25, 0.3) is 5.91 Å². The van der Waals surface area contributed by atoms with Gasteiger partial charge < -0.3 is 15.5 Å². The largest absolute Gasteiger partial charge is 0.481 e. The van der Waals surface area contributed by atoms with Gasteiger partial charge >= 0.3 is 11.9 Å². The number of thiophene rings is 1. The van der Waals surface area contributed by atoms with Crippen LogP contribution in [0.1, 0.15) is 28.1 Å². The zero-order valence-electron chi connectivity index (χ0n) is 10.5. The van der Waals surface area contributed by atoms with Gasteiger partial charge in [-0.1, -0.05) is 0 Å². The van der Waals surface area contributed by atoms with Crippen LogP contribution in [0.3, 0.4) is 0 Å². The van der Waals surface area contributed by atoms with Gasteiger partial charge in [0.15, 0.2) is 5.66 Å². The average molecular weight is 365 g/mol. The summed E-state index contributed by atoms with van der Waals surface area (Å²) in [6.07, 6.45) is -0.870. The Balaban J connectivity index is 2.90. The van der Waals surface area contributed by atoms with Crippen LogP contribution in [0.2, 0.25) is 0 Å². The summed E-state index contributed by atoms with van der Waals surface area (Å²) in [5.74, 6) is -3.32. The predicted molar refractivity (Wildman–Crippen MR) is 75.6 cm³/mol. The Labute approximate surface area is 126 Å². The number of nitrogens with one attached hydrogen (secondary N) is 1. The highest BCUT2D eigenvalue weighted by atomic mass is 79.9. The van der Waals surface area contributed by atoms with Crippen molar-refractivity contribution in [2.75, 3.05) is 0 Å². The summed E-state index contributed by atoms with van der Waals surface area (Å²) in [5, 5.41) is 19.9. The van der Waals surface area contributed by atoms with E-state index in [9.17, 15) is 14.4 Å². The number of halogens is 1. The van der Waals surface area contributed by atoms with Crippen molar-refractivity contribution >= 4 is 45.1 Å². The maximum atomic E-state index is 12.0. The van der Waals surface area contributed by atoms with Crippen LogP contribution in [0, 0.1) is 6.92 Å². The summed E-state index contributed by atoms with van der Waals surface area (Å²) < 4.78 is 0.726. The molecule has 1 atom stereocenters. The SMILES string of the molecule is Cc1cc(Br)sc1C(=O)NC(N)(CCC(=O)O)C(=O)O. The third-order valence-electron chi connectivity index (χ3n) is 2.55. The number of nitrogens with two attached hydrogens (primary N) is 1. The maximum Gasteiger partial charge on any atom is 0.344 e. The number of carboxylic acid groups (broad SMARTS) is 2. The number of amides is 1. The fourth-order valence-electron chi connectivity index (χ4n) is 1.46. The Morgan fingerprint density at radius 3 is 2.45 bits per heavy atom. The lowest BCUT2D eigenvalue weighted by Crippen LogP contribution is -2.61. The van der Waals surface area contributed by atoms with Crippen molar-refractivity contribution in [1.29, 1.82) is 0 Å². The van der Waals surface area contributed by atoms with E-state index in [2.05, 4.69) is 21.2 Å². The van der Waals surface area contributed by atoms with Crippen LogP contribution >= 0.6 is 27.3 Å². The number of aliphatic carboxylic acids is 2. The van der Waals surface area contributed by atoms with Crippen molar-refractivity contribution < 1.29 is 24.6 Å². The maximum absolute atomic E-state index is 12.0. The second-order valence-corrected chi connectivity index (χ2v) is 6.62. The summed E-state index contributed by atoms with van der Waals surface area (Å²) >= 11 is 4.36. The molecule has 0 aliphatic carbocycles. The molecule has 0 aliphatic rings. The van der Waals surface area contributed by atoms with E-state index in [-0.39, 0.29) is 0 Å². The van der Waals surface area contributed by atoms with Crippen LogP contribution in [0.4, 0.5) is 0 Å². The van der Waals surface area contributed by atoms with Gasteiger partial charge in [-0.2, -0.15) is 0 Å². The van der Waals surface area contributed by atoms with E-state index in [1.54, 1.807) is 13.0 Å². The fraction of sp³-hybridized carbons (Fsp3) is 0.364. The highest BCUT2D eigenvalue weighted by Crippen LogP contribution is 2.27. The Morgan fingerprint density at radius 1 is 1.45 bits per heavy atom. The van der Waals surface area contributed by atoms with Gasteiger partial charge in [-0.15, -0.1) is 11.3 Å². The Bertz CT molecular complexity index is 559. The molecule has 1 aromatic rings. The second kappa shape index (κ2) is 6.33. The zero-order valence-corrected chi connectivity index (χ0v) is 12.9. The van der Waals surface area contributed by atoms with E-state index in [1.165, 1.54) is 0 Å². The highest BCUT2D eigenvalue weighted by molar-refractivity contribution is 9.11. The Kier molecular flexibility index (Phi) is 5.26. The Morgan fingerprint density at radius 2 is 2.05 bits per heavy atom. The molecule has 5 N–H and O–H groups in total. The number of hydrogen-bond acceptors (Lipinski definition) is 5. The molecule has 0 radical (unpaired) electrons. The summed E-state index contributed by atoms with van der Waals surface area (Å²) in [5.41, 5.74) is 4.14. The van der Waals surface area contributed by atoms with Gasteiger partial charge in [0.2, 0.25) is 0 Å². The number of hydrogen-bond donors (Lipinski definition) is 4. The van der Waals surface area contributed by atoms with E-state index in [4.69, 9.17) is 15.9 Å². The van der Waals surface area contributed by atoms with Crippen molar-refractivity contribution in [3.05, 3.63) is 20.3 Å². The second-order valence-electron chi connectivity index (χ2n) is 4.19. The number of carbonyl (C=O) groups excluding carboxylic acids is 1. The number of rotatable bonds is 6. The summed E-state index contributed by atoms with van der Waals surface area (Å²) in [6.45, 7) is 1.70. The molecule has 0 fully saturated rings. The van der Waals surface area contributed by atoms with Crippen LogP contribution in [0.25, 0.3) is 0 Å². The fourth-order valence-corrected chi connectivity index (χ4v) is 3.08. The first-order valence-corrected chi connectivity index (χ1v) is 7.09. The summed E-state index contributed by atoms with van der Waals surface area (Å²) in [6, 6.07) is 1.72. The summed E-state index contributed by atoms with van der Waals surface area (Å²) in [4.78, 5) is 34.0. The van der Waals surface area contributed by atoms with Crippen molar-refractivity contribution in [1.82, 2.24) is 5.32 Å². The van der Waals surface area contributed by atoms with E-state index in [0.29, 0.717) is 10.4 Å². The van der Waals surface area contributed by atoms with Crippen molar-refractivity contribution in [3.8, 4) is 0 Å². The van der Waals surface area contributed by atoms with Crippen molar-refractivity contribution in [2.24, 2.45) is 5.73 Å². The quantitative estimate of drug-likeness (QED) is 0.560. The molecule has 1 unspecified atom stereocenters. The molecule has 0 saturated heterocycles. The third-order valence-corrected chi connectivity index (χ3v) is 4.28. The molecule has 20 heavy (non-hydrogen) atoms. The molecule has 9 heteroatoms. The number of aryl methyl sites for hydroxylation is 1. The van der Waals surface area contributed by atoms with Crippen molar-refractivity contribution in [2.45, 2.75) is 25.4 Å². The normalized spacial score (nSPS) is 13.6. The lowest BCUT2D eigenvalue weighted by atomic mass is 10.0. The number of carboxylic acids is 2. The molecule has 7 nitrogen and oxygen atoms in total. The highest BCUT2D eigenvalue weighted by Gasteiger charge is 2.37. The lowest BCUT2D eigenvalue weighted by molar-refractivity contribution is -0.145. The molecular weight excluding hydrogens is 352 g/mol. The third kappa shape index (κ3) is 4.02. The topological polar surface area (TPSA) is 130 Å². The van der Waals surface area contributed by atoms with Crippen LogP contribution in [-0.2, 0) is 9.59 Å². The molecule has 0 spiro atoms. The lowest BCUT2D eigenvalue weighted by Gasteiger charge is -2.25. The minimum Gasteiger partial charge on any atom is -0.481 e. The number of carbonyl (C=O) groups is 3. The smallest absolute Gasteiger partial charge is 0.344 e. The molecular formula is C11H13BrN2O5S. The minimum atomic E-state index is -2.11. The van der Waals surface area contributed by atoms with Crippen LogP contribution in [0.15, 0.2) is 9.85 Å². The van der Waals surface area contributed by atoms with E-state index in [0.717, 1.165) is 15.1 Å². The first-order valence-electron chi connectivity index (χ1n) is 5.48. The Hall–Kier alpha value is -1.45. The monoisotopic (exact) mass is 364 g/mol.